The van der Waals surface area contributed by atoms with Gasteiger partial charge < -0.3 is 21.1 Å². The molecule has 1 rings (SSSR count). The summed E-state index contributed by atoms with van der Waals surface area (Å²) in [6.45, 7) is 6.47. The molecule has 1 aromatic rings. The van der Waals surface area contributed by atoms with Gasteiger partial charge in [0.05, 0.1) is 23.2 Å². The van der Waals surface area contributed by atoms with Gasteiger partial charge in [0.15, 0.2) is 0 Å². The number of hydrogen-bond donors (Lipinski definition) is 3. The zero-order chi connectivity index (χ0) is 17.6. The lowest BCUT2D eigenvalue weighted by Gasteiger charge is -2.25. The van der Waals surface area contributed by atoms with Gasteiger partial charge >= 0.3 is 0 Å². The summed E-state index contributed by atoms with van der Waals surface area (Å²) in [5, 5.41) is 5.64. The van der Waals surface area contributed by atoms with Crippen LogP contribution in [0.3, 0.4) is 0 Å². The maximum atomic E-state index is 12.1. The first-order valence-electron chi connectivity index (χ1n) is 7.30. The Morgan fingerprint density at radius 1 is 1.35 bits per heavy atom. The third-order valence-electron chi connectivity index (χ3n) is 3.29. The maximum absolute atomic E-state index is 12.1. The van der Waals surface area contributed by atoms with Crippen molar-refractivity contribution in [1.82, 2.24) is 5.32 Å². The van der Waals surface area contributed by atoms with Gasteiger partial charge in [0, 0.05) is 19.3 Å². The third-order valence-corrected chi connectivity index (χ3v) is 3.60. The van der Waals surface area contributed by atoms with Crippen LogP contribution in [0, 0.1) is 5.41 Å². The van der Waals surface area contributed by atoms with E-state index in [4.69, 9.17) is 22.1 Å². The van der Waals surface area contributed by atoms with Crippen molar-refractivity contribution in [3.8, 4) is 0 Å². The zero-order valence-corrected chi connectivity index (χ0v) is 14.7. The Balaban J connectivity index is 2.76. The zero-order valence-electron chi connectivity index (χ0n) is 13.9. The lowest BCUT2D eigenvalue weighted by atomic mass is 9.87. The van der Waals surface area contributed by atoms with E-state index in [1.54, 1.807) is 19.2 Å². The van der Waals surface area contributed by atoms with E-state index >= 15 is 0 Å². The van der Waals surface area contributed by atoms with Gasteiger partial charge in [0.25, 0.3) is 5.91 Å². The van der Waals surface area contributed by atoms with Gasteiger partial charge in [0.2, 0.25) is 5.91 Å². The van der Waals surface area contributed by atoms with Crippen LogP contribution >= 0.6 is 11.6 Å². The largest absolute Gasteiger partial charge is 0.383 e. The molecule has 0 saturated carbocycles. The van der Waals surface area contributed by atoms with E-state index in [0.29, 0.717) is 24.4 Å². The highest BCUT2D eigenvalue weighted by Gasteiger charge is 2.27. The molecule has 2 amide bonds. The molecule has 7 heteroatoms. The summed E-state index contributed by atoms with van der Waals surface area (Å²) >= 11 is 6.12. The fourth-order valence-electron chi connectivity index (χ4n) is 1.75. The average molecular weight is 342 g/mol. The summed E-state index contributed by atoms with van der Waals surface area (Å²) in [4.78, 5) is 24.0. The molecule has 23 heavy (non-hydrogen) atoms. The highest BCUT2D eigenvalue weighted by Crippen LogP contribution is 2.23. The van der Waals surface area contributed by atoms with Crippen LogP contribution in [-0.4, -0.2) is 38.1 Å². The molecule has 0 heterocycles. The van der Waals surface area contributed by atoms with Crippen LogP contribution in [0.5, 0.6) is 0 Å². The number of carbonyl (C=O) groups excluding carboxylic acids is 2. The van der Waals surface area contributed by atoms with E-state index in [9.17, 15) is 9.59 Å². The van der Waals surface area contributed by atoms with Crippen molar-refractivity contribution in [3.05, 3.63) is 28.8 Å². The summed E-state index contributed by atoms with van der Waals surface area (Å²) in [7, 11) is 1.55. The predicted molar refractivity (Wildman–Crippen MR) is 91.7 cm³/mol. The molecule has 0 radical (unpaired) electrons. The van der Waals surface area contributed by atoms with Crippen molar-refractivity contribution in [2.75, 3.05) is 25.6 Å². The van der Waals surface area contributed by atoms with Crippen LogP contribution < -0.4 is 16.4 Å². The predicted octanol–water partition coefficient (Wildman–Crippen LogP) is 2.03. The van der Waals surface area contributed by atoms with Crippen molar-refractivity contribution in [1.29, 1.82) is 0 Å². The first kappa shape index (κ1) is 19.4. The number of rotatable bonds is 6. The molecule has 0 saturated heterocycles. The molecule has 0 aliphatic heterocycles. The fraction of sp³-hybridized carbons (Fsp3) is 0.500. The second-order valence-electron chi connectivity index (χ2n) is 6.28. The minimum atomic E-state index is -0.654. The average Bonchev–Trinajstić information content (AvgIpc) is 2.45. The first-order chi connectivity index (χ1) is 10.7. The molecule has 4 N–H and O–H groups in total. The smallest absolute Gasteiger partial charge is 0.252 e. The van der Waals surface area contributed by atoms with Crippen molar-refractivity contribution in [2.45, 2.75) is 26.8 Å². The Labute approximate surface area is 141 Å². The molecule has 0 aliphatic rings. The second-order valence-corrected chi connectivity index (χ2v) is 6.68. The van der Waals surface area contributed by atoms with E-state index < -0.39 is 6.04 Å². The molecule has 0 aromatic heterocycles. The van der Waals surface area contributed by atoms with Crippen molar-refractivity contribution < 1.29 is 14.3 Å². The number of amides is 2. The number of benzene rings is 1. The van der Waals surface area contributed by atoms with Gasteiger partial charge in [-0.25, -0.2) is 0 Å². The summed E-state index contributed by atoms with van der Waals surface area (Å²) < 4.78 is 4.86. The van der Waals surface area contributed by atoms with Gasteiger partial charge in [0.1, 0.15) is 0 Å². The van der Waals surface area contributed by atoms with Gasteiger partial charge in [-0.1, -0.05) is 32.4 Å². The standard InChI is InChI=1S/C16H24ClN3O3/c1-16(2,3)13(18)15(22)20-10-5-6-11(12(17)9-10)14(21)19-7-8-23-4/h5-6,9,13H,7-8,18H2,1-4H3,(H,19,21)(H,20,22)/t13-/m1/s1. The van der Waals surface area contributed by atoms with Crippen LogP contribution in [-0.2, 0) is 9.53 Å². The molecule has 0 spiro atoms. The summed E-state index contributed by atoms with van der Waals surface area (Å²) in [6.07, 6.45) is 0. The minimum absolute atomic E-state index is 0.252. The molecular weight excluding hydrogens is 318 g/mol. The Morgan fingerprint density at radius 2 is 2.00 bits per heavy atom. The Hall–Kier alpha value is -1.63. The maximum Gasteiger partial charge on any atom is 0.252 e. The number of halogens is 1. The van der Waals surface area contributed by atoms with Crippen LogP contribution in [0.25, 0.3) is 0 Å². The molecule has 1 atom stereocenters. The van der Waals surface area contributed by atoms with Crippen LogP contribution in [0.2, 0.25) is 5.02 Å². The van der Waals surface area contributed by atoms with Crippen molar-refractivity contribution >= 4 is 29.1 Å². The normalized spacial score (nSPS) is 12.6. The van der Waals surface area contributed by atoms with Gasteiger partial charge in [-0.05, 0) is 23.6 Å². The van der Waals surface area contributed by atoms with Crippen LogP contribution in [0.15, 0.2) is 18.2 Å². The van der Waals surface area contributed by atoms with Gasteiger partial charge in [-0.3, -0.25) is 9.59 Å². The van der Waals surface area contributed by atoms with E-state index in [-0.39, 0.29) is 22.3 Å². The molecule has 128 valence electrons. The molecule has 0 aliphatic carbocycles. The number of ether oxygens (including phenoxy) is 1. The van der Waals surface area contributed by atoms with Crippen molar-refractivity contribution in [3.63, 3.8) is 0 Å². The fourth-order valence-corrected chi connectivity index (χ4v) is 2.02. The van der Waals surface area contributed by atoms with E-state index in [0.717, 1.165) is 0 Å². The minimum Gasteiger partial charge on any atom is -0.383 e. The van der Waals surface area contributed by atoms with Crippen molar-refractivity contribution in [2.24, 2.45) is 11.1 Å². The molecule has 0 bridgehead atoms. The molecular formula is C16H24ClN3O3. The van der Waals surface area contributed by atoms with Crippen LogP contribution in [0.4, 0.5) is 5.69 Å². The van der Waals surface area contributed by atoms with Gasteiger partial charge in [-0.15, -0.1) is 0 Å². The number of anilines is 1. The Kier molecular flexibility index (Phi) is 7.00. The SMILES string of the molecule is COCCNC(=O)c1ccc(NC(=O)[C@@H](N)C(C)(C)C)cc1Cl. The highest BCUT2D eigenvalue weighted by molar-refractivity contribution is 6.34. The molecule has 0 fully saturated rings. The number of nitrogens with two attached hydrogens (primary N) is 1. The second kappa shape index (κ2) is 8.29. The number of methoxy groups -OCH3 is 1. The molecule has 0 unspecified atom stereocenters. The lowest BCUT2D eigenvalue weighted by molar-refractivity contribution is -0.119. The topological polar surface area (TPSA) is 93.5 Å². The van der Waals surface area contributed by atoms with E-state index in [1.165, 1.54) is 6.07 Å². The number of nitrogens with one attached hydrogen (secondary N) is 2. The Morgan fingerprint density at radius 3 is 2.52 bits per heavy atom. The Bertz CT molecular complexity index is 570. The van der Waals surface area contributed by atoms with E-state index in [1.807, 2.05) is 20.8 Å². The number of hydrogen-bond acceptors (Lipinski definition) is 4. The quantitative estimate of drug-likeness (QED) is 0.690. The first-order valence-corrected chi connectivity index (χ1v) is 7.67. The summed E-state index contributed by atoms with van der Waals surface area (Å²) in [5.74, 6) is -0.595. The lowest BCUT2D eigenvalue weighted by Crippen LogP contribution is -2.45. The van der Waals surface area contributed by atoms with E-state index in [2.05, 4.69) is 10.6 Å². The molecule has 1 aromatic carbocycles. The summed E-state index contributed by atoms with van der Waals surface area (Å²) in [5.41, 5.74) is 6.38. The third kappa shape index (κ3) is 5.82. The van der Waals surface area contributed by atoms with Crippen LogP contribution in [0.1, 0.15) is 31.1 Å². The summed E-state index contributed by atoms with van der Waals surface area (Å²) in [6, 6.07) is 4.05. The number of carbonyl (C=O) groups is 2. The highest BCUT2D eigenvalue weighted by atomic mass is 35.5. The van der Waals surface area contributed by atoms with Gasteiger partial charge in [-0.2, -0.15) is 0 Å². The molecule has 6 nitrogen and oxygen atoms in total. The monoisotopic (exact) mass is 341 g/mol.